The van der Waals surface area contributed by atoms with Gasteiger partial charge in [0.2, 0.25) is 5.91 Å². The highest BCUT2D eigenvalue weighted by atomic mass is 79.9. The molecule has 1 fully saturated rings. The minimum Gasteiger partial charge on any atom is -0.379 e. The van der Waals surface area contributed by atoms with Crippen molar-refractivity contribution in [1.82, 2.24) is 4.90 Å². The van der Waals surface area contributed by atoms with Gasteiger partial charge in [-0.15, -0.1) is 0 Å². The van der Waals surface area contributed by atoms with E-state index in [-0.39, 0.29) is 11.3 Å². The number of ether oxygens (including phenoxy) is 1. The van der Waals surface area contributed by atoms with Gasteiger partial charge in [-0.1, -0.05) is 40.2 Å². The summed E-state index contributed by atoms with van der Waals surface area (Å²) in [5.74, 6) is 0.219. The molecule has 0 bridgehead atoms. The van der Waals surface area contributed by atoms with Crippen molar-refractivity contribution < 1.29 is 9.53 Å². The Morgan fingerprint density at radius 1 is 1.21 bits per heavy atom. The molecule has 0 saturated carbocycles. The Labute approximate surface area is 121 Å². The topological polar surface area (TPSA) is 29.5 Å². The van der Waals surface area contributed by atoms with E-state index >= 15 is 0 Å². The third-order valence-electron chi connectivity index (χ3n) is 3.87. The fourth-order valence-electron chi connectivity index (χ4n) is 2.61. The van der Waals surface area contributed by atoms with Gasteiger partial charge in [-0.3, -0.25) is 4.79 Å². The zero-order valence-corrected chi connectivity index (χ0v) is 12.2. The summed E-state index contributed by atoms with van der Waals surface area (Å²) in [7, 11) is 0. The van der Waals surface area contributed by atoms with Crippen molar-refractivity contribution in [3.63, 3.8) is 0 Å². The quantitative estimate of drug-likeness (QED) is 0.800. The summed E-state index contributed by atoms with van der Waals surface area (Å²) >= 11 is 3.44. The fraction of sp³-hybridized carbons (Fsp3) is 0.400. The van der Waals surface area contributed by atoms with Crippen molar-refractivity contribution >= 4 is 21.8 Å². The van der Waals surface area contributed by atoms with E-state index in [4.69, 9.17) is 4.74 Å². The van der Waals surface area contributed by atoms with E-state index in [1.165, 1.54) is 5.56 Å². The summed E-state index contributed by atoms with van der Waals surface area (Å²) in [6.45, 7) is 2.77. The first-order chi connectivity index (χ1) is 9.20. The molecule has 2 aliphatic rings. The molecule has 2 aliphatic heterocycles. The van der Waals surface area contributed by atoms with Crippen LogP contribution in [0.1, 0.15) is 12.0 Å². The molecule has 100 valence electrons. The van der Waals surface area contributed by atoms with Crippen LogP contribution in [0.25, 0.3) is 0 Å². The molecular weight excluding hydrogens is 306 g/mol. The lowest BCUT2D eigenvalue weighted by molar-refractivity contribution is -0.138. The first-order valence-electron chi connectivity index (χ1n) is 6.46. The predicted molar refractivity (Wildman–Crippen MR) is 77.0 cm³/mol. The number of amides is 1. The molecule has 0 unspecified atom stereocenters. The van der Waals surface area contributed by atoms with E-state index in [1.807, 2.05) is 29.2 Å². The predicted octanol–water partition coefficient (Wildman–Crippen LogP) is 2.51. The Hall–Kier alpha value is -1.13. The van der Waals surface area contributed by atoms with Crippen molar-refractivity contribution in [2.24, 2.45) is 0 Å². The van der Waals surface area contributed by atoms with Gasteiger partial charge < -0.3 is 9.64 Å². The molecule has 1 aromatic rings. The second-order valence-corrected chi connectivity index (χ2v) is 6.14. The minimum atomic E-state index is -0.125. The first kappa shape index (κ1) is 12.9. The second-order valence-electron chi connectivity index (χ2n) is 5.23. The summed E-state index contributed by atoms with van der Waals surface area (Å²) in [4.78, 5) is 14.2. The van der Waals surface area contributed by atoms with E-state index in [0.29, 0.717) is 19.6 Å². The maximum absolute atomic E-state index is 12.3. The lowest BCUT2D eigenvalue weighted by Gasteiger charge is -2.42. The first-order valence-corrected chi connectivity index (χ1v) is 7.25. The molecule has 0 aromatic heterocycles. The van der Waals surface area contributed by atoms with Crippen LogP contribution in [0, 0.1) is 0 Å². The van der Waals surface area contributed by atoms with E-state index < -0.39 is 0 Å². The summed E-state index contributed by atoms with van der Waals surface area (Å²) in [6, 6.07) is 8.22. The number of halogens is 1. The average Bonchev–Trinajstić information content (AvgIpc) is 2.89. The zero-order valence-electron chi connectivity index (χ0n) is 10.6. The van der Waals surface area contributed by atoms with Gasteiger partial charge in [-0.25, -0.2) is 0 Å². The smallest absolute Gasteiger partial charge is 0.224 e. The molecule has 19 heavy (non-hydrogen) atoms. The molecule has 0 spiro atoms. The number of carbonyl (C=O) groups is 1. The number of nitrogens with zero attached hydrogens (tertiary/aromatic N) is 1. The van der Waals surface area contributed by atoms with Gasteiger partial charge in [0, 0.05) is 24.0 Å². The standard InChI is InChI=1S/C15H16BrNO2/c16-13-5-3-12(4-6-13)15(10-19-11-15)9-14(18)17-7-1-2-8-17/h1-6H,7-11H2. The van der Waals surface area contributed by atoms with Crippen LogP contribution in [0.3, 0.4) is 0 Å². The molecule has 2 heterocycles. The summed E-state index contributed by atoms with van der Waals surface area (Å²) < 4.78 is 6.45. The highest BCUT2D eigenvalue weighted by Crippen LogP contribution is 2.37. The number of benzene rings is 1. The van der Waals surface area contributed by atoms with Crippen LogP contribution >= 0.6 is 15.9 Å². The molecule has 1 saturated heterocycles. The molecule has 3 nitrogen and oxygen atoms in total. The number of rotatable bonds is 3. The molecule has 0 atom stereocenters. The Morgan fingerprint density at radius 2 is 1.84 bits per heavy atom. The fourth-order valence-corrected chi connectivity index (χ4v) is 2.87. The molecule has 0 aliphatic carbocycles. The number of hydrogen-bond donors (Lipinski definition) is 0. The SMILES string of the molecule is O=C(CC1(c2ccc(Br)cc2)COC1)N1CC=CC1. The molecule has 1 aromatic carbocycles. The van der Waals surface area contributed by atoms with E-state index in [2.05, 4.69) is 28.1 Å². The van der Waals surface area contributed by atoms with Crippen molar-refractivity contribution in [3.05, 3.63) is 46.5 Å². The molecule has 0 radical (unpaired) electrons. The average molecular weight is 322 g/mol. The maximum Gasteiger partial charge on any atom is 0.224 e. The van der Waals surface area contributed by atoms with Crippen LogP contribution in [0.4, 0.5) is 0 Å². The van der Waals surface area contributed by atoms with Crippen LogP contribution in [0.5, 0.6) is 0 Å². The Morgan fingerprint density at radius 3 is 2.37 bits per heavy atom. The van der Waals surface area contributed by atoms with Gasteiger partial charge in [0.1, 0.15) is 0 Å². The van der Waals surface area contributed by atoms with Crippen molar-refractivity contribution in [2.75, 3.05) is 26.3 Å². The van der Waals surface area contributed by atoms with E-state index in [0.717, 1.165) is 17.6 Å². The third-order valence-corrected chi connectivity index (χ3v) is 4.40. The number of hydrogen-bond acceptors (Lipinski definition) is 2. The zero-order chi connectivity index (χ0) is 13.3. The Balaban J connectivity index is 1.75. The molecular formula is C15H16BrNO2. The van der Waals surface area contributed by atoms with Gasteiger partial charge in [0.15, 0.2) is 0 Å². The van der Waals surface area contributed by atoms with Crippen LogP contribution in [-0.4, -0.2) is 37.1 Å². The second kappa shape index (κ2) is 5.10. The summed E-state index contributed by atoms with van der Waals surface area (Å²) in [5.41, 5.74) is 1.07. The lowest BCUT2D eigenvalue weighted by atomic mass is 9.75. The normalized spacial score (nSPS) is 20.4. The Kier molecular flexibility index (Phi) is 3.46. The van der Waals surface area contributed by atoms with Gasteiger partial charge in [-0.2, -0.15) is 0 Å². The summed E-state index contributed by atoms with van der Waals surface area (Å²) in [6.07, 6.45) is 4.62. The molecule has 0 N–H and O–H groups in total. The molecule has 4 heteroatoms. The summed E-state index contributed by atoms with van der Waals surface area (Å²) in [5, 5.41) is 0. The molecule has 1 amide bonds. The Bertz CT molecular complexity index is 497. The van der Waals surface area contributed by atoms with Crippen molar-refractivity contribution in [2.45, 2.75) is 11.8 Å². The highest BCUT2D eigenvalue weighted by molar-refractivity contribution is 9.10. The van der Waals surface area contributed by atoms with Gasteiger partial charge >= 0.3 is 0 Å². The largest absolute Gasteiger partial charge is 0.379 e. The van der Waals surface area contributed by atoms with Crippen LogP contribution in [-0.2, 0) is 14.9 Å². The van der Waals surface area contributed by atoms with Crippen LogP contribution in [0.2, 0.25) is 0 Å². The minimum absolute atomic E-state index is 0.125. The highest BCUT2D eigenvalue weighted by Gasteiger charge is 2.43. The number of carbonyl (C=O) groups excluding carboxylic acids is 1. The van der Waals surface area contributed by atoms with Gasteiger partial charge in [0.25, 0.3) is 0 Å². The van der Waals surface area contributed by atoms with Gasteiger partial charge in [0.05, 0.1) is 18.6 Å². The van der Waals surface area contributed by atoms with Crippen molar-refractivity contribution in [1.29, 1.82) is 0 Å². The van der Waals surface area contributed by atoms with E-state index in [1.54, 1.807) is 0 Å². The monoisotopic (exact) mass is 321 g/mol. The van der Waals surface area contributed by atoms with Crippen LogP contribution < -0.4 is 0 Å². The van der Waals surface area contributed by atoms with Gasteiger partial charge in [-0.05, 0) is 17.7 Å². The third kappa shape index (κ3) is 2.47. The van der Waals surface area contributed by atoms with Crippen LogP contribution in [0.15, 0.2) is 40.9 Å². The maximum atomic E-state index is 12.3. The van der Waals surface area contributed by atoms with E-state index in [9.17, 15) is 4.79 Å². The lowest BCUT2D eigenvalue weighted by Crippen LogP contribution is -2.50. The molecule has 3 rings (SSSR count). The van der Waals surface area contributed by atoms with Crippen molar-refractivity contribution in [3.8, 4) is 0 Å².